The number of esters is 3. The predicted octanol–water partition coefficient (Wildman–Crippen LogP) is 21.3. The molecule has 0 N–H and O–H groups in total. The molecule has 0 aromatic carbocycles. The highest BCUT2D eigenvalue weighted by molar-refractivity contribution is 5.71. The average molecular weight is 1060 g/mol. The Kier molecular flexibility index (Phi) is 59.5. The highest BCUT2D eigenvalue weighted by Gasteiger charge is 2.19. The van der Waals surface area contributed by atoms with Gasteiger partial charge < -0.3 is 14.2 Å². The number of hydrogen-bond donors (Lipinski definition) is 0. The third-order valence-electron chi connectivity index (χ3n) is 12.5. The number of ether oxygens (including phenoxy) is 3. The molecule has 0 fully saturated rings. The highest BCUT2D eigenvalue weighted by Crippen LogP contribution is 2.14. The number of rotatable bonds is 54. The van der Waals surface area contributed by atoms with Gasteiger partial charge in [-0.1, -0.05) is 249 Å². The molecule has 6 nitrogen and oxygen atoms in total. The van der Waals surface area contributed by atoms with Crippen LogP contribution in [0.3, 0.4) is 0 Å². The molecule has 0 bridgehead atoms. The number of unbranched alkanes of at least 4 members (excludes halogenated alkanes) is 17. The molecule has 6 heteroatoms. The van der Waals surface area contributed by atoms with Crippen LogP contribution >= 0.6 is 0 Å². The van der Waals surface area contributed by atoms with Gasteiger partial charge in [-0.3, -0.25) is 14.4 Å². The van der Waals surface area contributed by atoms with Gasteiger partial charge in [-0.2, -0.15) is 0 Å². The van der Waals surface area contributed by atoms with Crippen LogP contribution in [0.5, 0.6) is 0 Å². The zero-order chi connectivity index (χ0) is 55.7. The van der Waals surface area contributed by atoms with Gasteiger partial charge in [0, 0.05) is 19.3 Å². The van der Waals surface area contributed by atoms with Crippen molar-refractivity contribution < 1.29 is 28.6 Å². The van der Waals surface area contributed by atoms with E-state index in [9.17, 15) is 14.4 Å². The summed E-state index contributed by atoms with van der Waals surface area (Å²) in [5, 5.41) is 0. The number of carbonyl (C=O) groups is 3. The van der Waals surface area contributed by atoms with Gasteiger partial charge in [0.05, 0.1) is 0 Å². The number of hydrogen-bond acceptors (Lipinski definition) is 6. The van der Waals surface area contributed by atoms with Crippen molar-refractivity contribution in [3.05, 3.63) is 158 Å². The molecule has 0 saturated heterocycles. The lowest BCUT2D eigenvalue weighted by Gasteiger charge is -2.18. The Bertz CT molecular complexity index is 1740. The van der Waals surface area contributed by atoms with Crippen LogP contribution in [0.2, 0.25) is 0 Å². The molecule has 0 rings (SSSR count). The molecule has 1 unspecified atom stereocenters. The molecule has 0 radical (unpaired) electrons. The van der Waals surface area contributed by atoms with Crippen LogP contribution in [0.25, 0.3) is 0 Å². The fraction of sp³-hybridized carbons (Fsp3) is 0.592. The van der Waals surface area contributed by atoms with E-state index in [4.69, 9.17) is 14.2 Å². The van der Waals surface area contributed by atoms with Crippen molar-refractivity contribution in [3.8, 4) is 0 Å². The zero-order valence-corrected chi connectivity index (χ0v) is 49.4. The maximum atomic E-state index is 12.9. The second-order valence-corrected chi connectivity index (χ2v) is 19.8. The van der Waals surface area contributed by atoms with Gasteiger partial charge in [-0.05, 0) is 141 Å². The summed E-state index contributed by atoms with van der Waals surface area (Å²) < 4.78 is 16.9. The lowest BCUT2D eigenvalue weighted by molar-refractivity contribution is -0.167. The minimum absolute atomic E-state index is 0.107. The molecule has 0 aliphatic heterocycles. The molecule has 1 atom stereocenters. The normalized spacial score (nSPS) is 13.2. The molecular weight excluding hydrogens is 949 g/mol. The molecule has 0 saturated carbocycles. The molecule has 0 aromatic heterocycles. The number of allylic oxidation sites excluding steroid dienone is 26. The van der Waals surface area contributed by atoms with Crippen molar-refractivity contribution in [1.29, 1.82) is 0 Å². The summed E-state index contributed by atoms with van der Waals surface area (Å²) in [6.07, 6.45) is 92.4. The van der Waals surface area contributed by atoms with E-state index < -0.39 is 6.10 Å². The summed E-state index contributed by atoms with van der Waals surface area (Å²) in [7, 11) is 0. The van der Waals surface area contributed by atoms with E-state index in [2.05, 4.69) is 179 Å². The highest BCUT2D eigenvalue weighted by atomic mass is 16.6. The van der Waals surface area contributed by atoms with Crippen molar-refractivity contribution in [2.45, 2.75) is 258 Å². The van der Waals surface area contributed by atoms with Crippen molar-refractivity contribution in [3.63, 3.8) is 0 Å². The monoisotopic (exact) mass is 1060 g/mol. The quantitative estimate of drug-likeness (QED) is 0.0261. The van der Waals surface area contributed by atoms with Crippen molar-refractivity contribution in [2.75, 3.05) is 13.2 Å². The Morgan fingerprint density at radius 1 is 0.260 bits per heavy atom. The Morgan fingerprint density at radius 2 is 0.468 bits per heavy atom. The number of carbonyl (C=O) groups excluding carboxylic acids is 3. The predicted molar refractivity (Wildman–Crippen MR) is 334 cm³/mol. The largest absolute Gasteiger partial charge is 0.462 e. The molecule has 432 valence electrons. The van der Waals surface area contributed by atoms with Crippen molar-refractivity contribution >= 4 is 17.9 Å². The molecule has 0 spiro atoms. The van der Waals surface area contributed by atoms with E-state index in [1.54, 1.807) is 0 Å². The molecule has 0 aliphatic rings. The average Bonchev–Trinajstić information content (AvgIpc) is 3.43. The zero-order valence-electron chi connectivity index (χ0n) is 49.4. The lowest BCUT2D eigenvalue weighted by Crippen LogP contribution is -2.30. The van der Waals surface area contributed by atoms with Gasteiger partial charge in [0.25, 0.3) is 0 Å². The van der Waals surface area contributed by atoms with E-state index in [0.29, 0.717) is 19.3 Å². The van der Waals surface area contributed by atoms with Gasteiger partial charge in [0.2, 0.25) is 0 Å². The second kappa shape index (κ2) is 63.6. The van der Waals surface area contributed by atoms with Gasteiger partial charge in [0.1, 0.15) is 13.2 Å². The third-order valence-corrected chi connectivity index (χ3v) is 12.5. The standard InChI is InChI=1S/C71H112O6/c1-4-7-10-13-16-19-22-25-28-30-32-33-34-35-36-37-39-40-43-46-49-52-55-58-61-64-70(73)76-67-68(66-75-69(72)63-60-57-54-51-48-45-42-27-24-21-18-15-12-9-6-3)77-71(74)65-62-59-56-53-50-47-44-41-38-31-29-26-23-20-17-14-11-8-5-2/h7-12,16-21,25-29,32-33,35-36,38,41-42,47,50,68H,4-6,13-15,22-24,30-31,34,37,39-40,43-46,48-49,51-67H2,1-3H3/b10-7-,11-8-,12-9-,19-16-,20-17-,21-18-,28-25-,29-26-,33-32-,36-35-,41-38-,42-27-,50-47-. The van der Waals surface area contributed by atoms with Crippen LogP contribution in [0.1, 0.15) is 252 Å². The van der Waals surface area contributed by atoms with E-state index >= 15 is 0 Å². The minimum atomic E-state index is -0.815. The van der Waals surface area contributed by atoms with Crippen LogP contribution in [-0.2, 0) is 28.6 Å². The fourth-order valence-corrected chi connectivity index (χ4v) is 7.98. The Hall–Kier alpha value is -4.97. The SMILES string of the molecule is CC/C=C\C/C=C\C/C=C\C/C=C\C/C=C\CCCCCCCCCCCC(=O)OCC(COC(=O)CCCCCCC/C=C\C/C=C\C/C=C\CC)OC(=O)CCCCC/C=C\C/C=C\C/C=C\C/C=C\C/C=C\CC. The minimum Gasteiger partial charge on any atom is -0.462 e. The summed E-state index contributed by atoms with van der Waals surface area (Å²) in [5.74, 6) is -0.967. The third kappa shape index (κ3) is 61.8. The van der Waals surface area contributed by atoms with E-state index in [1.807, 2.05) is 0 Å². The molecule has 0 aliphatic carbocycles. The first-order chi connectivity index (χ1) is 38.0. The summed E-state index contributed by atoms with van der Waals surface area (Å²) >= 11 is 0. The summed E-state index contributed by atoms with van der Waals surface area (Å²) in [6, 6.07) is 0. The van der Waals surface area contributed by atoms with Gasteiger partial charge in [-0.25, -0.2) is 0 Å². The summed E-state index contributed by atoms with van der Waals surface area (Å²) in [4.78, 5) is 38.3. The Labute approximate surface area is 473 Å². The Morgan fingerprint density at radius 3 is 0.740 bits per heavy atom. The van der Waals surface area contributed by atoms with Crippen LogP contribution in [0, 0.1) is 0 Å². The lowest BCUT2D eigenvalue weighted by atomic mass is 10.1. The first-order valence-corrected chi connectivity index (χ1v) is 31.0. The second-order valence-electron chi connectivity index (χ2n) is 19.8. The topological polar surface area (TPSA) is 78.9 Å². The van der Waals surface area contributed by atoms with Gasteiger partial charge >= 0.3 is 17.9 Å². The maximum Gasteiger partial charge on any atom is 0.306 e. The smallest absolute Gasteiger partial charge is 0.306 e. The van der Waals surface area contributed by atoms with Crippen molar-refractivity contribution in [1.82, 2.24) is 0 Å². The maximum absolute atomic E-state index is 12.9. The van der Waals surface area contributed by atoms with E-state index in [1.165, 1.54) is 38.5 Å². The van der Waals surface area contributed by atoms with Crippen LogP contribution in [-0.4, -0.2) is 37.2 Å². The van der Waals surface area contributed by atoms with Gasteiger partial charge in [-0.15, -0.1) is 0 Å². The molecule has 77 heavy (non-hydrogen) atoms. The van der Waals surface area contributed by atoms with Crippen molar-refractivity contribution in [2.24, 2.45) is 0 Å². The molecule has 0 aromatic rings. The van der Waals surface area contributed by atoms with Crippen LogP contribution in [0.4, 0.5) is 0 Å². The molecule has 0 amide bonds. The molecular formula is C71H112O6. The summed E-state index contributed by atoms with van der Waals surface area (Å²) in [5.41, 5.74) is 0. The van der Waals surface area contributed by atoms with Crippen LogP contribution < -0.4 is 0 Å². The van der Waals surface area contributed by atoms with E-state index in [0.717, 1.165) is 167 Å². The first-order valence-electron chi connectivity index (χ1n) is 31.0. The first kappa shape index (κ1) is 72.0. The van der Waals surface area contributed by atoms with Crippen LogP contribution in [0.15, 0.2) is 158 Å². The van der Waals surface area contributed by atoms with Gasteiger partial charge in [0.15, 0.2) is 6.10 Å². The molecule has 0 heterocycles. The Balaban J connectivity index is 4.46. The van der Waals surface area contributed by atoms with E-state index in [-0.39, 0.29) is 37.5 Å². The summed E-state index contributed by atoms with van der Waals surface area (Å²) in [6.45, 7) is 6.25. The fourth-order valence-electron chi connectivity index (χ4n) is 7.98.